The van der Waals surface area contributed by atoms with Crippen LogP contribution in [-0.4, -0.2) is 26.5 Å². The van der Waals surface area contributed by atoms with Crippen LogP contribution in [0.25, 0.3) is 11.4 Å². The highest BCUT2D eigenvalue weighted by Gasteiger charge is 2.15. The summed E-state index contributed by atoms with van der Waals surface area (Å²) in [6, 6.07) is 8.71. The van der Waals surface area contributed by atoms with E-state index >= 15 is 0 Å². The molecule has 118 valence electrons. The molecule has 1 amide bonds. The Labute approximate surface area is 133 Å². The summed E-state index contributed by atoms with van der Waals surface area (Å²) in [5.41, 5.74) is 2.75. The molecule has 0 saturated carbocycles. The van der Waals surface area contributed by atoms with Crippen LogP contribution in [0.1, 0.15) is 17.8 Å². The molecule has 1 heterocycles. The molecule has 0 radical (unpaired) electrons. The molecule has 0 aliphatic rings. The lowest BCUT2D eigenvalue weighted by molar-refractivity contribution is -0.137. The van der Waals surface area contributed by atoms with Crippen molar-refractivity contribution in [2.75, 3.05) is 5.32 Å². The van der Waals surface area contributed by atoms with Gasteiger partial charge in [0.25, 0.3) is 0 Å². The molecule has 2 N–H and O–H groups in total. The highest BCUT2D eigenvalue weighted by molar-refractivity contribution is 5.92. The summed E-state index contributed by atoms with van der Waals surface area (Å²) >= 11 is 0. The van der Waals surface area contributed by atoms with E-state index in [0.717, 1.165) is 11.4 Å². The lowest BCUT2D eigenvalue weighted by Gasteiger charge is -2.09. The van der Waals surface area contributed by atoms with Crippen LogP contribution in [0, 0.1) is 25.2 Å². The number of nitrogens with one attached hydrogen (secondary N) is 1. The minimum atomic E-state index is -0.953. The first-order chi connectivity index (χ1) is 10.9. The molecule has 0 spiro atoms. The number of carboxylic acids is 1. The second-order valence-electron chi connectivity index (χ2n) is 5.05. The first-order valence-corrected chi connectivity index (χ1v) is 6.95. The number of aryl methyl sites for hydroxylation is 1. The Morgan fingerprint density at radius 2 is 2.13 bits per heavy atom. The third-order valence-corrected chi connectivity index (χ3v) is 3.40. The number of imidazole rings is 1. The average Bonchev–Trinajstić information content (AvgIpc) is 2.75. The van der Waals surface area contributed by atoms with Gasteiger partial charge in [-0.1, -0.05) is 12.1 Å². The summed E-state index contributed by atoms with van der Waals surface area (Å²) in [4.78, 5) is 27.0. The Morgan fingerprint density at radius 1 is 1.39 bits per heavy atom. The Hall–Kier alpha value is -3.14. The van der Waals surface area contributed by atoms with E-state index in [0.29, 0.717) is 17.1 Å². The standard InChI is InChI=1S/C16H16N4O3/c1-10-11(2)20(9-15(22)23)16(18-10)12-4-3-5-13(8-12)19-14(21)6-7-17/h3-5,8H,6,9H2,1-2H3,(H,19,21)(H,22,23). The van der Waals surface area contributed by atoms with Crippen LogP contribution in [0.3, 0.4) is 0 Å². The number of nitrogens with zero attached hydrogens (tertiary/aromatic N) is 3. The average molecular weight is 312 g/mol. The minimum absolute atomic E-state index is 0.187. The topological polar surface area (TPSA) is 108 Å². The first kappa shape index (κ1) is 16.2. The van der Waals surface area contributed by atoms with E-state index in [1.165, 1.54) is 0 Å². The highest BCUT2D eigenvalue weighted by atomic mass is 16.4. The molecule has 0 aliphatic heterocycles. The van der Waals surface area contributed by atoms with Crippen molar-refractivity contribution in [3.8, 4) is 17.5 Å². The molecule has 2 aromatic rings. The summed E-state index contributed by atoms with van der Waals surface area (Å²) in [7, 11) is 0. The maximum atomic E-state index is 11.5. The number of nitriles is 1. The Bertz CT molecular complexity index is 802. The zero-order chi connectivity index (χ0) is 17.0. The van der Waals surface area contributed by atoms with Crippen LogP contribution >= 0.6 is 0 Å². The zero-order valence-corrected chi connectivity index (χ0v) is 12.8. The maximum Gasteiger partial charge on any atom is 0.323 e. The fourth-order valence-electron chi connectivity index (χ4n) is 2.22. The van der Waals surface area contributed by atoms with Crippen molar-refractivity contribution in [1.29, 1.82) is 5.26 Å². The van der Waals surface area contributed by atoms with Crippen molar-refractivity contribution in [1.82, 2.24) is 9.55 Å². The number of anilines is 1. The van der Waals surface area contributed by atoms with Gasteiger partial charge in [-0.25, -0.2) is 4.98 Å². The van der Waals surface area contributed by atoms with Gasteiger partial charge in [-0.15, -0.1) is 0 Å². The van der Waals surface area contributed by atoms with E-state index in [4.69, 9.17) is 10.4 Å². The van der Waals surface area contributed by atoms with Crippen molar-refractivity contribution in [2.24, 2.45) is 0 Å². The van der Waals surface area contributed by atoms with E-state index in [1.807, 2.05) is 13.8 Å². The van der Waals surface area contributed by atoms with Gasteiger partial charge in [0.1, 0.15) is 18.8 Å². The maximum absolute atomic E-state index is 11.5. The van der Waals surface area contributed by atoms with E-state index in [1.54, 1.807) is 34.9 Å². The molecule has 0 saturated heterocycles. The third kappa shape index (κ3) is 3.74. The lowest BCUT2D eigenvalue weighted by atomic mass is 10.2. The van der Waals surface area contributed by atoms with Crippen LogP contribution in [-0.2, 0) is 16.1 Å². The second-order valence-corrected chi connectivity index (χ2v) is 5.05. The molecule has 1 aromatic heterocycles. The van der Waals surface area contributed by atoms with Crippen LogP contribution in [0.4, 0.5) is 5.69 Å². The van der Waals surface area contributed by atoms with Gasteiger partial charge in [0.2, 0.25) is 5.91 Å². The van der Waals surface area contributed by atoms with Crippen molar-refractivity contribution < 1.29 is 14.7 Å². The van der Waals surface area contributed by atoms with Gasteiger partial charge >= 0.3 is 5.97 Å². The molecule has 0 fully saturated rings. The number of carbonyl (C=O) groups is 2. The predicted octanol–water partition coefficient (Wildman–Crippen LogP) is 2.10. The van der Waals surface area contributed by atoms with Crippen LogP contribution < -0.4 is 5.32 Å². The van der Waals surface area contributed by atoms with Gasteiger partial charge in [0, 0.05) is 16.9 Å². The van der Waals surface area contributed by atoms with Gasteiger partial charge in [0.05, 0.1) is 11.8 Å². The van der Waals surface area contributed by atoms with Crippen LogP contribution in [0.5, 0.6) is 0 Å². The van der Waals surface area contributed by atoms with E-state index < -0.39 is 11.9 Å². The zero-order valence-electron chi connectivity index (χ0n) is 12.8. The monoisotopic (exact) mass is 312 g/mol. The molecular weight excluding hydrogens is 296 g/mol. The van der Waals surface area contributed by atoms with Crippen molar-refractivity contribution >= 4 is 17.6 Å². The quantitative estimate of drug-likeness (QED) is 0.879. The van der Waals surface area contributed by atoms with E-state index in [9.17, 15) is 9.59 Å². The molecule has 0 bridgehead atoms. The number of benzene rings is 1. The molecule has 7 nitrogen and oxygen atoms in total. The number of rotatable bonds is 5. The molecule has 0 unspecified atom stereocenters. The molecule has 2 rings (SSSR count). The SMILES string of the molecule is Cc1nc(-c2cccc(NC(=O)CC#N)c2)n(CC(=O)O)c1C. The molecule has 0 atom stereocenters. The number of aliphatic carboxylic acids is 1. The van der Waals surface area contributed by atoms with Crippen molar-refractivity contribution in [3.63, 3.8) is 0 Å². The number of carboxylic acid groups (broad SMARTS) is 1. The first-order valence-electron chi connectivity index (χ1n) is 6.95. The Morgan fingerprint density at radius 3 is 2.78 bits per heavy atom. The molecule has 1 aromatic carbocycles. The third-order valence-electron chi connectivity index (χ3n) is 3.40. The lowest BCUT2D eigenvalue weighted by Crippen LogP contribution is -2.12. The predicted molar refractivity (Wildman–Crippen MR) is 83.6 cm³/mol. The summed E-state index contributed by atoms with van der Waals surface area (Å²) in [6.45, 7) is 3.44. The highest BCUT2D eigenvalue weighted by Crippen LogP contribution is 2.24. The van der Waals surface area contributed by atoms with Gasteiger partial charge in [-0.3, -0.25) is 9.59 Å². The Kier molecular flexibility index (Phi) is 4.76. The van der Waals surface area contributed by atoms with E-state index in [2.05, 4.69) is 10.3 Å². The fraction of sp³-hybridized carbons (Fsp3) is 0.250. The van der Waals surface area contributed by atoms with Crippen LogP contribution in [0.2, 0.25) is 0 Å². The molecule has 23 heavy (non-hydrogen) atoms. The van der Waals surface area contributed by atoms with Gasteiger partial charge in [0.15, 0.2) is 0 Å². The van der Waals surface area contributed by atoms with Gasteiger partial charge in [-0.05, 0) is 26.0 Å². The molecular formula is C16H16N4O3. The van der Waals surface area contributed by atoms with Gasteiger partial charge in [-0.2, -0.15) is 5.26 Å². The number of hydrogen-bond acceptors (Lipinski definition) is 4. The summed E-state index contributed by atoms with van der Waals surface area (Å²) < 4.78 is 1.62. The van der Waals surface area contributed by atoms with Crippen molar-refractivity contribution in [2.45, 2.75) is 26.8 Å². The van der Waals surface area contributed by atoms with Crippen molar-refractivity contribution in [3.05, 3.63) is 35.7 Å². The summed E-state index contributed by atoms with van der Waals surface area (Å²) in [5.74, 6) is -0.824. The van der Waals surface area contributed by atoms with E-state index in [-0.39, 0.29) is 13.0 Å². The molecule has 7 heteroatoms. The minimum Gasteiger partial charge on any atom is -0.480 e. The molecule has 0 aliphatic carbocycles. The summed E-state index contributed by atoms with van der Waals surface area (Å²) in [6.07, 6.45) is -0.226. The number of carbonyl (C=O) groups excluding carboxylic acids is 1. The number of aromatic nitrogens is 2. The Balaban J connectivity index is 2.39. The van der Waals surface area contributed by atoms with Gasteiger partial charge < -0.3 is 15.0 Å². The second kappa shape index (κ2) is 6.75. The summed E-state index contributed by atoms with van der Waals surface area (Å²) in [5, 5.41) is 20.2. The smallest absolute Gasteiger partial charge is 0.323 e. The van der Waals surface area contributed by atoms with Crippen LogP contribution in [0.15, 0.2) is 24.3 Å². The normalized spacial score (nSPS) is 10.1. The fourth-order valence-corrected chi connectivity index (χ4v) is 2.22. The number of hydrogen-bond donors (Lipinski definition) is 2. The largest absolute Gasteiger partial charge is 0.480 e. The number of amides is 1.